The fourth-order valence-electron chi connectivity index (χ4n) is 1.62. The predicted octanol–water partition coefficient (Wildman–Crippen LogP) is 2.35. The van der Waals surface area contributed by atoms with Crippen molar-refractivity contribution in [3.05, 3.63) is 22.2 Å². The maximum Gasteiger partial charge on any atom is 0.296 e. The van der Waals surface area contributed by atoms with Crippen molar-refractivity contribution >= 4 is 50.6 Å². The summed E-state index contributed by atoms with van der Waals surface area (Å²) in [6, 6.07) is 2.15. The number of carbonyl (C=O) groups is 1. The van der Waals surface area contributed by atoms with E-state index < -0.39 is 15.0 Å². The van der Waals surface area contributed by atoms with E-state index in [1.165, 1.54) is 0 Å². The lowest BCUT2D eigenvalue weighted by Crippen LogP contribution is -2.20. The molecular formula is C10H8Cl2N2O4S. The highest BCUT2D eigenvalue weighted by Gasteiger charge is 2.27. The van der Waals surface area contributed by atoms with Crippen LogP contribution >= 0.6 is 23.2 Å². The first-order valence-corrected chi connectivity index (χ1v) is 7.23. The normalized spacial score (nSPS) is 15.9. The molecule has 102 valence electrons. The van der Waals surface area contributed by atoms with E-state index in [2.05, 4.69) is 5.10 Å². The van der Waals surface area contributed by atoms with Gasteiger partial charge in [-0.2, -0.15) is 18.5 Å². The van der Waals surface area contributed by atoms with Gasteiger partial charge in [-0.1, -0.05) is 23.2 Å². The summed E-state index contributed by atoms with van der Waals surface area (Å²) in [5, 5.41) is 4.77. The van der Waals surface area contributed by atoms with Gasteiger partial charge in [0.2, 0.25) is 0 Å². The van der Waals surface area contributed by atoms with E-state index in [0.29, 0.717) is 5.71 Å². The van der Waals surface area contributed by atoms with Crippen molar-refractivity contribution in [2.45, 2.75) is 18.2 Å². The molecule has 0 spiro atoms. The average molecular weight is 323 g/mol. The Bertz CT molecular complexity index is 700. The van der Waals surface area contributed by atoms with Gasteiger partial charge in [0.25, 0.3) is 16.0 Å². The second kappa shape index (κ2) is 4.75. The molecule has 0 radical (unpaired) electrons. The number of rotatable bonds is 2. The van der Waals surface area contributed by atoms with Gasteiger partial charge in [0.05, 0.1) is 22.2 Å². The number of anilines is 1. The second-order valence-corrected chi connectivity index (χ2v) is 6.13. The van der Waals surface area contributed by atoms with Gasteiger partial charge in [-0.15, -0.1) is 0 Å². The minimum absolute atomic E-state index is 0.0561. The van der Waals surface area contributed by atoms with Gasteiger partial charge in [-0.3, -0.25) is 9.35 Å². The van der Waals surface area contributed by atoms with Gasteiger partial charge in [0.15, 0.2) is 0 Å². The number of hydrazone groups is 1. The zero-order chi connectivity index (χ0) is 14.4. The van der Waals surface area contributed by atoms with Crippen LogP contribution in [0, 0.1) is 0 Å². The van der Waals surface area contributed by atoms with Crippen LogP contribution in [0.2, 0.25) is 10.0 Å². The van der Waals surface area contributed by atoms with Crippen LogP contribution in [0.4, 0.5) is 5.69 Å². The van der Waals surface area contributed by atoms with Crippen molar-refractivity contribution in [1.82, 2.24) is 0 Å². The van der Waals surface area contributed by atoms with E-state index in [-0.39, 0.29) is 28.1 Å². The van der Waals surface area contributed by atoms with Crippen LogP contribution in [-0.4, -0.2) is 24.6 Å². The van der Waals surface area contributed by atoms with E-state index in [0.717, 1.165) is 17.1 Å². The molecule has 0 bridgehead atoms. The Balaban J connectivity index is 2.62. The van der Waals surface area contributed by atoms with Crippen LogP contribution in [0.1, 0.15) is 13.3 Å². The van der Waals surface area contributed by atoms with Crippen LogP contribution < -0.4 is 5.01 Å². The SMILES string of the molecule is CC1=NN(c2cc(S(=O)(=O)O)c(Cl)cc2Cl)C(=O)C1. The fraction of sp³-hybridized carbons (Fsp3) is 0.200. The van der Waals surface area contributed by atoms with E-state index in [4.69, 9.17) is 27.8 Å². The molecule has 0 atom stereocenters. The Morgan fingerprint density at radius 1 is 1.32 bits per heavy atom. The molecule has 6 nitrogen and oxygen atoms in total. The van der Waals surface area contributed by atoms with Crippen molar-refractivity contribution in [1.29, 1.82) is 0 Å². The highest BCUT2D eigenvalue weighted by molar-refractivity contribution is 7.86. The molecule has 1 aromatic carbocycles. The van der Waals surface area contributed by atoms with E-state index in [1.54, 1.807) is 6.92 Å². The third kappa shape index (κ3) is 2.74. The minimum atomic E-state index is -4.51. The summed E-state index contributed by atoms with van der Waals surface area (Å²) >= 11 is 11.6. The third-order valence-corrected chi connectivity index (χ3v) is 4.04. The summed E-state index contributed by atoms with van der Waals surface area (Å²) in [5.41, 5.74) is 0.630. The Labute approximate surface area is 119 Å². The molecule has 0 unspecified atom stereocenters. The first-order chi connectivity index (χ1) is 8.70. The maximum absolute atomic E-state index is 11.7. The molecule has 0 saturated carbocycles. The number of carbonyl (C=O) groups excluding carboxylic acids is 1. The van der Waals surface area contributed by atoms with Crippen LogP contribution in [0.5, 0.6) is 0 Å². The van der Waals surface area contributed by atoms with E-state index in [9.17, 15) is 13.2 Å². The topological polar surface area (TPSA) is 87.0 Å². The van der Waals surface area contributed by atoms with Gasteiger partial charge in [0, 0.05) is 5.71 Å². The number of amides is 1. The quantitative estimate of drug-likeness (QED) is 0.846. The molecule has 2 rings (SSSR count). The standard InChI is InChI=1S/C10H8Cl2N2O4S/c1-5-2-10(15)14(13-5)8-4-9(19(16,17)18)7(12)3-6(8)11/h3-4H,2H2,1H3,(H,16,17,18). The zero-order valence-electron chi connectivity index (χ0n) is 9.59. The lowest BCUT2D eigenvalue weighted by molar-refractivity contribution is -0.116. The smallest absolute Gasteiger partial charge is 0.282 e. The highest BCUT2D eigenvalue weighted by Crippen LogP contribution is 2.35. The van der Waals surface area contributed by atoms with Crippen molar-refractivity contribution in [3.8, 4) is 0 Å². The van der Waals surface area contributed by atoms with Crippen molar-refractivity contribution in [3.63, 3.8) is 0 Å². The summed E-state index contributed by atoms with van der Waals surface area (Å²) in [5.74, 6) is -0.344. The molecule has 0 aromatic heterocycles. The van der Waals surface area contributed by atoms with Crippen LogP contribution in [-0.2, 0) is 14.9 Å². The summed E-state index contributed by atoms with van der Waals surface area (Å²) in [7, 11) is -4.51. The Morgan fingerprint density at radius 2 is 1.95 bits per heavy atom. The molecular weight excluding hydrogens is 315 g/mol. The van der Waals surface area contributed by atoms with Gasteiger partial charge in [0.1, 0.15) is 4.90 Å². The summed E-state index contributed by atoms with van der Waals surface area (Å²) in [6.07, 6.45) is 0.125. The molecule has 1 heterocycles. The first-order valence-electron chi connectivity index (χ1n) is 5.03. The van der Waals surface area contributed by atoms with Gasteiger partial charge in [-0.05, 0) is 19.1 Å². The summed E-state index contributed by atoms with van der Waals surface area (Å²) in [6.45, 7) is 1.66. The number of hydrogen-bond acceptors (Lipinski definition) is 4. The van der Waals surface area contributed by atoms with Gasteiger partial charge >= 0.3 is 0 Å². The van der Waals surface area contributed by atoms with Crippen LogP contribution in [0.3, 0.4) is 0 Å². The van der Waals surface area contributed by atoms with Gasteiger partial charge in [-0.25, -0.2) is 0 Å². The van der Waals surface area contributed by atoms with E-state index >= 15 is 0 Å². The summed E-state index contributed by atoms with van der Waals surface area (Å²) in [4.78, 5) is 11.2. The molecule has 1 aliphatic rings. The number of benzene rings is 1. The molecule has 1 aromatic rings. The summed E-state index contributed by atoms with van der Waals surface area (Å²) < 4.78 is 31.4. The number of halogens is 2. The van der Waals surface area contributed by atoms with Gasteiger partial charge < -0.3 is 0 Å². The predicted molar refractivity (Wildman–Crippen MR) is 71.5 cm³/mol. The van der Waals surface area contributed by atoms with E-state index in [1.807, 2.05) is 0 Å². The second-order valence-electron chi connectivity index (χ2n) is 3.93. The highest BCUT2D eigenvalue weighted by atomic mass is 35.5. The lowest BCUT2D eigenvalue weighted by Gasteiger charge is -2.15. The Kier molecular flexibility index (Phi) is 3.57. The fourth-order valence-corrected chi connectivity index (χ4v) is 2.94. The average Bonchev–Trinajstić information content (AvgIpc) is 2.55. The molecule has 0 fully saturated rings. The zero-order valence-corrected chi connectivity index (χ0v) is 11.9. The molecule has 1 aliphatic heterocycles. The molecule has 19 heavy (non-hydrogen) atoms. The number of hydrogen-bond donors (Lipinski definition) is 1. The third-order valence-electron chi connectivity index (χ3n) is 2.42. The number of nitrogens with zero attached hydrogens (tertiary/aromatic N) is 2. The van der Waals surface area contributed by atoms with Crippen molar-refractivity contribution < 1.29 is 17.8 Å². The van der Waals surface area contributed by atoms with Crippen LogP contribution in [0.25, 0.3) is 0 Å². The van der Waals surface area contributed by atoms with Crippen molar-refractivity contribution in [2.24, 2.45) is 5.10 Å². The molecule has 0 aliphatic carbocycles. The first kappa shape index (κ1) is 14.3. The Morgan fingerprint density at radius 3 is 2.42 bits per heavy atom. The lowest BCUT2D eigenvalue weighted by atomic mass is 10.3. The minimum Gasteiger partial charge on any atom is -0.282 e. The molecule has 1 N–H and O–H groups in total. The van der Waals surface area contributed by atoms with Crippen LogP contribution in [0.15, 0.2) is 22.1 Å². The largest absolute Gasteiger partial charge is 0.296 e. The molecule has 9 heteroatoms. The molecule has 0 saturated heterocycles. The van der Waals surface area contributed by atoms with Crippen molar-refractivity contribution in [2.75, 3.05) is 5.01 Å². The monoisotopic (exact) mass is 322 g/mol. The Hall–Kier alpha value is -1.15. The molecule has 1 amide bonds. The maximum atomic E-state index is 11.7.